The summed E-state index contributed by atoms with van der Waals surface area (Å²) in [6, 6.07) is 6.14. The van der Waals surface area contributed by atoms with Crippen molar-refractivity contribution in [2.45, 2.75) is 44.2 Å². The van der Waals surface area contributed by atoms with Crippen LogP contribution in [0.5, 0.6) is 5.75 Å². The lowest BCUT2D eigenvalue weighted by Gasteiger charge is -2.37. The summed E-state index contributed by atoms with van der Waals surface area (Å²) in [5.41, 5.74) is 1.06. The summed E-state index contributed by atoms with van der Waals surface area (Å²) in [7, 11) is 3.64. The first-order valence-electron chi connectivity index (χ1n) is 7.31. The van der Waals surface area contributed by atoms with Crippen LogP contribution in [0.3, 0.4) is 0 Å². The van der Waals surface area contributed by atoms with Gasteiger partial charge in [0.15, 0.2) is 0 Å². The Morgan fingerprint density at radius 1 is 1.35 bits per heavy atom. The second kappa shape index (κ2) is 6.79. The molecule has 1 aromatic carbocycles. The molecule has 1 atom stereocenters. The predicted octanol–water partition coefficient (Wildman–Crippen LogP) is 3.96. The molecule has 1 aliphatic carbocycles. The lowest BCUT2D eigenvalue weighted by Crippen LogP contribution is -2.43. The molecule has 0 spiro atoms. The van der Waals surface area contributed by atoms with Crippen molar-refractivity contribution in [1.29, 1.82) is 0 Å². The molecule has 0 aromatic heterocycles. The molecule has 0 radical (unpaired) electrons. The maximum atomic E-state index is 6.17. The van der Waals surface area contributed by atoms with Gasteiger partial charge in [0.1, 0.15) is 5.75 Å². The van der Waals surface area contributed by atoms with Gasteiger partial charge in [-0.2, -0.15) is 0 Å². The van der Waals surface area contributed by atoms with Crippen molar-refractivity contribution < 1.29 is 9.47 Å². The van der Waals surface area contributed by atoms with Crippen LogP contribution in [0.2, 0.25) is 5.02 Å². The van der Waals surface area contributed by atoms with Crippen LogP contribution in [0.1, 0.15) is 44.2 Å². The van der Waals surface area contributed by atoms with Crippen molar-refractivity contribution in [2.75, 3.05) is 20.8 Å². The Kier molecular flexibility index (Phi) is 5.30. The number of likely N-dealkylation sites (N-methyl/N-ethyl adjacent to an activating group) is 1. The molecule has 1 N–H and O–H groups in total. The van der Waals surface area contributed by atoms with Crippen LogP contribution in [-0.4, -0.2) is 26.4 Å². The van der Waals surface area contributed by atoms with Gasteiger partial charge in [-0.1, -0.05) is 30.5 Å². The van der Waals surface area contributed by atoms with E-state index in [1.165, 1.54) is 18.4 Å². The summed E-state index contributed by atoms with van der Waals surface area (Å²) in [6.45, 7) is 2.80. The highest BCUT2D eigenvalue weighted by Crippen LogP contribution is 2.43. The molecule has 0 amide bonds. The number of hydrogen-bond acceptors (Lipinski definition) is 3. The summed E-state index contributed by atoms with van der Waals surface area (Å²) in [4.78, 5) is 0. The van der Waals surface area contributed by atoms with E-state index in [9.17, 15) is 0 Å². The Labute approximate surface area is 126 Å². The molecule has 1 saturated carbocycles. The Hall–Kier alpha value is -0.770. The highest BCUT2D eigenvalue weighted by atomic mass is 35.5. The van der Waals surface area contributed by atoms with Crippen LogP contribution in [0.4, 0.5) is 0 Å². The third-order valence-corrected chi connectivity index (χ3v) is 4.52. The largest absolute Gasteiger partial charge is 0.495 e. The normalized spacial score (nSPS) is 19.0. The van der Waals surface area contributed by atoms with Crippen molar-refractivity contribution in [3.05, 3.63) is 28.8 Å². The molecule has 20 heavy (non-hydrogen) atoms. The van der Waals surface area contributed by atoms with Crippen molar-refractivity contribution in [3.63, 3.8) is 0 Å². The lowest BCUT2D eigenvalue weighted by molar-refractivity contribution is -0.0610. The molecule has 2 rings (SSSR count). The van der Waals surface area contributed by atoms with Crippen LogP contribution < -0.4 is 10.1 Å². The molecule has 1 fully saturated rings. The summed E-state index contributed by atoms with van der Waals surface area (Å²) in [5, 5.41) is 4.07. The topological polar surface area (TPSA) is 30.5 Å². The third kappa shape index (κ3) is 2.95. The van der Waals surface area contributed by atoms with E-state index >= 15 is 0 Å². The minimum Gasteiger partial charge on any atom is -0.495 e. The average Bonchev–Trinajstić information content (AvgIpc) is 2.91. The molecule has 0 saturated heterocycles. The number of rotatable bonds is 6. The van der Waals surface area contributed by atoms with Gasteiger partial charge in [0.25, 0.3) is 0 Å². The molecular weight excluding hydrogens is 274 g/mol. The zero-order chi connectivity index (χ0) is 14.6. The van der Waals surface area contributed by atoms with Crippen LogP contribution in [0, 0.1) is 0 Å². The second-order valence-electron chi connectivity index (χ2n) is 5.32. The van der Waals surface area contributed by atoms with Gasteiger partial charge in [-0.15, -0.1) is 0 Å². The van der Waals surface area contributed by atoms with Crippen LogP contribution in [0.25, 0.3) is 0 Å². The molecule has 3 nitrogen and oxygen atoms in total. The van der Waals surface area contributed by atoms with E-state index in [0.29, 0.717) is 10.8 Å². The highest BCUT2D eigenvalue weighted by Gasteiger charge is 2.42. The van der Waals surface area contributed by atoms with E-state index in [1.807, 2.05) is 19.2 Å². The van der Waals surface area contributed by atoms with Crippen molar-refractivity contribution in [1.82, 2.24) is 5.32 Å². The Balaban J connectivity index is 2.35. The molecule has 1 aromatic rings. The summed E-state index contributed by atoms with van der Waals surface area (Å²) < 4.78 is 11.5. The summed E-state index contributed by atoms with van der Waals surface area (Å²) in [5.74, 6) is 0.717. The van der Waals surface area contributed by atoms with E-state index in [1.54, 1.807) is 7.11 Å². The van der Waals surface area contributed by atoms with Crippen LogP contribution in [-0.2, 0) is 4.74 Å². The molecule has 0 aliphatic heterocycles. The minimum atomic E-state index is -0.109. The first kappa shape index (κ1) is 15.6. The minimum absolute atomic E-state index is 0.109. The highest BCUT2D eigenvalue weighted by molar-refractivity contribution is 6.32. The molecule has 0 bridgehead atoms. The van der Waals surface area contributed by atoms with Crippen LogP contribution >= 0.6 is 11.6 Å². The van der Waals surface area contributed by atoms with Gasteiger partial charge in [-0.25, -0.2) is 0 Å². The van der Waals surface area contributed by atoms with Crippen LogP contribution in [0.15, 0.2) is 18.2 Å². The Morgan fingerprint density at radius 2 is 2.05 bits per heavy atom. The fraction of sp³-hybridized carbons (Fsp3) is 0.625. The maximum absolute atomic E-state index is 6.17. The lowest BCUT2D eigenvalue weighted by atomic mass is 9.86. The second-order valence-corrected chi connectivity index (χ2v) is 5.73. The molecule has 4 heteroatoms. The van der Waals surface area contributed by atoms with E-state index < -0.39 is 0 Å². The fourth-order valence-electron chi connectivity index (χ4n) is 3.37. The van der Waals surface area contributed by atoms with Gasteiger partial charge in [-0.05, 0) is 44.5 Å². The first-order valence-corrected chi connectivity index (χ1v) is 7.69. The van der Waals surface area contributed by atoms with Gasteiger partial charge in [0.2, 0.25) is 0 Å². The number of hydrogen-bond donors (Lipinski definition) is 1. The van der Waals surface area contributed by atoms with Crippen molar-refractivity contribution >= 4 is 11.6 Å². The Morgan fingerprint density at radius 3 is 2.60 bits per heavy atom. The molecule has 1 unspecified atom stereocenters. The zero-order valence-electron chi connectivity index (χ0n) is 12.5. The van der Waals surface area contributed by atoms with E-state index in [4.69, 9.17) is 21.1 Å². The van der Waals surface area contributed by atoms with Crippen molar-refractivity contribution in [3.8, 4) is 5.75 Å². The van der Waals surface area contributed by atoms with Gasteiger partial charge in [-0.3, -0.25) is 0 Å². The molecular formula is C16H24ClNO2. The zero-order valence-corrected chi connectivity index (χ0v) is 13.3. The average molecular weight is 298 g/mol. The van der Waals surface area contributed by atoms with E-state index in [2.05, 4.69) is 18.3 Å². The van der Waals surface area contributed by atoms with Gasteiger partial charge in [0, 0.05) is 6.61 Å². The monoisotopic (exact) mass is 297 g/mol. The maximum Gasteiger partial charge on any atom is 0.137 e. The van der Waals surface area contributed by atoms with Gasteiger partial charge >= 0.3 is 0 Å². The molecule has 112 valence electrons. The summed E-state index contributed by atoms with van der Waals surface area (Å²) >= 11 is 6.12. The number of halogens is 1. The standard InChI is InChI=1S/C16H24ClNO2/c1-4-20-16(9-5-6-10-16)15(18-2)12-7-8-13(17)14(11-12)19-3/h7-8,11,15,18H,4-6,9-10H2,1-3H3. The summed E-state index contributed by atoms with van der Waals surface area (Å²) in [6.07, 6.45) is 4.64. The smallest absolute Gasteiger partial charge is 0.137 e. The Bertz CT molecular complexity index is 444. The third-order valence-electron chi connectivity index (χ3n) is 4.20. The number of methoxy groups -OCH3 is 1. The molecule has 0 heterocycles. The van der Waals surface area contributed by atoms with Crippen molar-refractivity contribution in [2.24, 2.45) is 0 Å². The molecule has 1 aliphatic rings. The van der Waals surface area contributed by atoms with Gasteiger partial charge in [0.05, 0.1) is 23.8 Å². The SMILES string of the molecule is CCOC1(C(NC)c2ccc(Cl)c(OC)c2)CCCC1. The van der Waals surface area contributed by atoms with Gasteiger partial charge < -0.3 is 14.8 Å². The predicted molar refractivity (Wildman–Crippen MR) is 82.6 cm³/mol. The number of benzene rings is 1. The number of nitrogens with one attached hydrogen (secondary N) is 1. The first-order chi connectivity index (χ1) is 9.66. The quantitative estimate of drug-likeness (QED) is 0.862. The van der Waals surface area contributed by atoms with E-state index in [-0.39, 0.29) is 11.6 Å². The number of ether oxygens (including phenoxy) is 2. The fourth-order valence-corrected chi connectivity index (χ4v) is 3.56. The van der Waals surface area contributed by atoms with E-state index in [0.717, 1.165) is 19.4 Å².